The molecule has 12 rings (SSSR count). The van der Waals surface area contributed by atoms with Crippen LogP contribution in [-0.2, 0) is 59.1 Å². The molecule has 14 atom stereocenters. The summed E-state index contributed by atoms with van der Waals surface area (Å²) in [7, 11) is 0. The number of carbonyl (C=O) groups excluding carboxylic acids is 7. The number of aliphatic hydroxyl groups excluding tert-OH is 5. The molecule has 3 heterocycles. The van der Waals surface area contributed by atoms with Crippen molar-refractivity contribution in [3.8, 4) is 11.5 Å². The lowest BCUT2D eigenvalue weighted by atomic mass is 9.46. The predicted octanol–water partition coefficient (Wildman–Crippen LogP) is 1.30. The van der Waals surface area contributed by atoms with Crippen LogP contribution >= 0.6 is 0 Å². The molecule has 432 valence electrons. The van der Waals surface area contributed by atoms with E-state index in [9.17, 15) is 69.0 Å². The number of hydrogen-bond donors (Lipinski definition) is 9. The van der Waals surface area contributed by atoms with Crippen LogP contribution in [-0.4, -0.2) is 162 Å². The smallest absolute Gasteiger partial charge is 0.407 e. The molecular weight excluding hydrogens is 1060 g/mol. The van der Waals surface area contributed by atoms with Crippen LogP contribution < -0.4 is 25.4 Å². The first kappa shape index (κ1) is 56.0. The number of carbonyl (C=O) groups is 8. The van der Waals surface area contributed by atoms with Gasteiger partial charge in [0, 0.05) is 79.7 Å². The molecule has 9 N–H and O–H groups in total. The van der Waals surface area contributed by atoms with Crippen LogP contribution in [0.3, 0.4) is 0 Å². The van der Waals surface area contributed by atoms with E-state index >= 15 is 0 Å². The van der Waals surface area contributed by atoms with Gasteiger partial charge in [0.2, 0.25) is 18.1 Å². The first-order valence-electron chi connectivity index (χ1n) is 27.2. The Morgan fingerprint density at radius 1 is 0.864 bits per heavy atom. The van der Waals surface area contributed by atoms with Crippen LogP contribution in [0, 0.1) is 28.6 Å². The summed E-state index contributed by atoms with van der Waals surface area (Å²) in [6.45, 7) is 2.68. The molecule has 0 unspecified atom stereocenters. The Hall–Kier alpha value is -6.90. The highest BCUT2D eigenvalue weighted by molar-refractivity contribution is 6.13. The highest BCUT2D eigenvalue weighted by atomic mass is 16.7. The van der Waals surface area contributed by atoms with Crippen LogP contribution in [0.15, 0.2) is 78.4 Å². The normalized spacial score (nSPS) is 37.6. The molecule has 0 radical (unpaired) electrons. The molecule has 2 aromatic rings. The highest BCUT2D eigenvalue weighted by Gasteiger charge is 2.76. The van der Waals surface area contributed by atoms with Crippen molar-refractivity contribution in [2.45, 2.75) is 144 Å². The number of carboxylic acid groups (broad SMARTS) is 1. The Morgan fingerprint density at radius 2 is 1.59 bits per heavy atom. The van der Waals surface area contributed by atoms with Crippen molar-refractivity contribution in [1.29, 1.82) is 0 Å². The molecule has 81 heavy (non-hydrogen) atoms. The second kappa shape index (κ2) is 20.8. The number of ether oxygens (including phenoxy) is 6. The number of ketones is 2. The van der Waals surface area contributed by atoms with Gasteiger partial charge in [0.25, 0.3) is 11.8 Å². The van der Waals surface area contributed by atoms with Crippen molar-refractivity contribution < 1.29 is 97.4 Å². The van der Waals surface area contributed by atoms with E-state index in [4.69, 9.17) is 28.4 Å². The summed E-state index contributed by atoms with van der Waals surface area (Å²) in [6.07, 6.45) is -2.31. The Morgan fingerprint density at radius 3 is 2.30 bits per heavy atom. The maximum Gasteiger partial charge on any atom is 0.407 e. The molecule has 24 heteroatoms. The van der Waals surface area contributed by atoms with Gasteiger partial charge in [-0.2, -0.15) is 0 Å². The number of nitrogens with zero attached hydrogens (tertiary/aromatic N) is 1. The highest BCUT2D eigenvalue weighted by Crippen LogP contribution is 2.71. The quantitative estimate of drug-likeness (QED) is 0.0950. The molecule has 2 bridgehead atoms. The average molecular weight is 1130 g/mol. The zero-order valence-electron chi connectivity index (χ0n) is 44.3. The maximum atomic E-state index is 14.0. The van der Waals surface area contributed by atoms with Gasteiger partial charge >= 0.3 is 12.1 Å². The molecule has 24 nitrogen and oxygen atoms in total. The number of nitrogens with one attached hydrogen (secondary N) is 3. The summed E-state index contributed by atoms with van der Waals surface area (Å²) in [5.74, 6) is -4.29. The Labute approximate surface area is 463 Å². The fourth-order valence-corrected chi connectivity index (χ4v) is 14.7. The number of anilines is 1. The molecular formula is C57H64N4O20. The zero-order chi connectivity index (χ0) is 57.6. The summed E-state index contributed by atoms with van der Waals surface area (Å²) in [4.78, 5) is 101. The molecule has 6 saturated carbocycles. The van der Waals surface area contributed by atoms with Crippen LogP contribution in [0.5, 0.6) is 11.5 Å². The largest absolute Gasteiger partial charge is 0.487 e. The second-order valence-electron chi connectivity index (χ2n) is 23.4. The molecule has 10 aliphatic rings. The van der Waals surface area contributed by atoms with Gasteiger partial charge in [-0.25, -0.2) is 9.59 Å². The number of carboxylic acids is 1. The zero-order valence-corrected chi connectivity index (χ0v) is 44.3. The van der Waals surface area contributed by atoms with Crippen molar-refractivity contribution in [2.24, 2.45) is 28.6 Å². The number of allylic oxidation sites excluding steroid dienone is 4. The number of Topliss-reactive ketones (excluding diaryl/α,β-unsaturated/α-hetero) is 1. The van der Waals surface area contributed by atoms with Gasteiger partial charge in [0.15, 0.2) is 29.6 Å². The molecule has 7 aliphatic carbocycles. The van der Waals surface area contributed by atoms with Gasteiger partial charge in [0.05, 0.1) is 23.4 Å². The number of imide groups is 1. The number of aliphatic hydroxyl groups is 5. The monoisotopic (exact) mass is 1120 g/mol. The number of amides is 5. The molecule has 8 fully saturated rings. The summed E-state index contributed by atoms with van der Waals surface area (Å²) >= 11 is 0. The molecule has 0 spiro atoms. The average Bonchev–Trinajstić information content (AvgIpc) is 2.24. The number of hydrogen-bond acceptors (Lipinski definition) is 19. The van der Waals surface area contributed by atoms with Gasteiger partial charge in [-0.05, 0) is 79.5 Å². The minimum atomic E-state index is -2.00. The number of alkyl carbamates (subject to hydrolysis) is 1. The molecule has 5 amide bonds. The van der Waals surface area contributed by atoms with E-state index in [0.717, 1.165) is 29.0 Å². The predicted molar refractivity (Wildman–Crippen MR) is 275 cm³/mol. The fraction of sp³-hybridized carbons (Fsp3) is 0.544. The van der Waals surface area contributed by atoms with E-state index < -0.39 is 125 Å². The first-order chi connectivity index (χ1) is 38.5. The summed E-state index contributed by atoms with van der Waals surface area (Å²) in [6, 6.07) is 11.3. The summed E-state index contributed by atoms with van der Waals surface area (Å²) in [5, 5.41) is 71.1. The lowest BCUT2D eigenvalue weighted by Crippen LogP contribution is -2.80. The number of benzene rings is 2. The molecule has 2 aromatic carbocycles. The van der Waals surface area contributed by atoms with E-state index in [0.29, 0.717) is 49.0 Å². The summed E-state index contributed by atoms with van der Waals surface area (Å²) in [5.41, 5.74) is -2.06. The lowest BCUT2D eigenvalue weighted by Gasteiger charge is -2.68. The van der Waals surface area contributed by atoms with Crippen LogP contribution in [0.1, 0.15) is 89.1 Å². The van der Waals surface area contributed by atoms with Crippen molar-refractivity contribution in [1.82, 2.24) is 15.5 Å². The van der Waals surface area contributed by atoms with Crippen molar-refractivity contribution in [3.63, 3.8) is 0 Å². The number of fused-ring (bicyclic) bond motifs is 7. The minimum absolute atomic E-state index is 0.0221. The van der Waals surface area contributed by atoms with Crippen molar-refractivity contribution in [2.75, 3.05) is 25.0 Å². The Bertz CT molecular complexity index is 3010. The van der Waals surface area contributed by atoms with Gasteiger partial charge in [-0.1, -0.05) is 43.7 Å². The van der Waals surface area contributed by atoms with Crippen LogP contribution in [0.2, 0.25) is 0 Å². The fourth-order valence-electron chi connectivity index (χ4n) is 14.7. The van der Waals surface area contributed by atoms with Gasteiger partial charge in [-0.15, -0.1) is 0 Å². The van der Waals surface area contributed by atoms with Crippen LogP contribution in [0.25, 0.3) is 0 Å². The third-order valence-electron chi connectivity index (χ3n) is 18.5. The van der Waals surface area contributed by atoms with E-state index in [1.807, 2.05) is 13.0 Å². The van der Waals surface area contributed by atoms with Gasteiger partial charge in [-0.3, -0.25) is 33.7 Å². The Kier molecular flexibility index (Phi) is 14.4. The number of aliphatic carboxylic acids is 1. The van der Waals surface area contributed by atoms with E-state index in [-0.39, 0.29) is 73.9 Å². The Balaban J connectivity index is 0.682. The topological polar surface area (TPSA) is 353 Å². The van der Waals surface area contributed by atoms with E-state index in [2.05, 4.69) is 22.9 Å². The van der Waals surface area contributed by atoms with Gasteiger partial charge in [0.1, 0.15) is 48.6 Å². The lowest BCUT2D eigenvalue weighted by molar-refractivity contribution is -0.271. The summed E-state index contributed by atoms with van der Waals surface area (Å²) < 4.78 is 36.4. The van der Waals surface area contributed by atoms with E-state index in [1.54, 1.807) is 36.4 Å². The molecule has 0 aromatic heterocycles. The molecule has 2 saturated heterocycles. The van der Waals surface area contributed by atoms with Crippen LogP contribution in [0.4, 0.5) is 10.5 Å². The minimum Gasteiger partial charge on any atom is -0.487 e. The standard InChI is InChI=1S/C57H64N4O20/c1-53-16-13-31(63)20-30(53)6-9-33-34-21-39-57(38(65)23-62,54(34,2)22-36(64)44(33)53)81-50(78-39)29-4-7-32(8-5-29)80-56-25-55(26-56,27-56)60-52(75)76-24-28-3-10-37(77-51-47(72)45(70)46(71)48(79-51)49(73)74)35(19-28)59-41(67)14-17-58-40(66)15-18-61-42(68)11-12-43(61)69/h3-5,7-8,10-13,16,19-20,33-34,36,39,44-48,50-51,62,64,70-72H,6,9,14-15,17-18,21-27H2,1-2H3,(H,58,66)(H,59,67)(H,60,75)(H,73,74)/t33-,34-,36-,39+,44+,45-,46-,47+,48-,50+,51+,53-,54-,55?,56?,57+/m0/s1. The maximum absolute atomic E-state index is 14.0. The van der Waals surface area contributed by atoms with Crippen molar-refractivity contribution >= 4 is 52.9 Å². The van der Waals surface area contributed by atoms with E-state index in [1.165, 1.54) is 18.2 Å². The molecule has 3 aliphatic heterocycles. The second-order valence-corrected chi connectivity index (χ2v) is 23.4. The SMILES string of the molecule is C[C@]12C=CC(=O)C=C1CC[C@@H]1[C@@H]2[C@@H](O)C[C@@]2(C)[C@H]1C[C@H]1O[C@@H](c3ccc(OC45CC(NC(=O)OCc6ccc(O[C@@H]7O[C@H](C(=O)O)[C@@H](O)[C@H](O)[C@H]7O)c(NC(=O)CCNC(=O)CCN7C(=O)C=CC7=O)c6)(C4)C5)cc3)O[C@]12C(=O)CO. The number of rotatable bonds is 18. The third kappa shape index (κ3) is 9.71. The van der Waals surface area contributed by atoms with Gasteiger partial charge < -0.3 is 75.0 Å². The van der Waals surface area contributed by atoms with Crippen molar-refractivity contribution in [3.05, 3.63) is 89.5 Å². The third-order valence-corrected chi connectivity index (χ3v) is 18.5. The first-order valence-corrected chi connectivity index (χ1v) is 27.2.